The molecule has 0 fully saturated rings. The summed E-state index contributed by atoms with van der Waals surface area (Å²) in [6, 6.07) is 8.71. The number of phenols is 1. The van der Waals surface area contributed by atoms with E-state index in [1.54, 1.807) is 24.3 Å². The second-order valence-electron chi connectivity index (χ2n) is 3.50. The van der Waals surface area contributed by atoms with Crippen LogP contribution in [0.2, 0.25) is 0 Å². The van der Waals surface area contributed by atoms with Gasteiger partial charge in [0.05, 0.1) is 6.17 Å². The Labute approximate surface area is 104 Å². The van der Waals surface area contributed by atoms with Gasteiger partial charge in [0, 0.05) is 0 Å². The second kappa shape index (κ2) is 14.6. The highest BCUT2D eigenvalue weighted by Crippen LogP contribution is 2.02. The van der Waals surface area contributed by atoms with Gasteiger partial charge in [0.25, 0.3) is 0 Å². The van der Waals surface area contributed by atoms with Crippen molar-refractivity contribution in [1.29, 1.82) is 0 Å². The van der Waals surface area contributed by atoms with Crippen molar-refractivity contribution in [3.8, 4) is 5.75 Å². The van der Waals surface area contributed by atoms with Crippen molar-refractivity contribution in [2.75, 3.05) is 0 Å². The Balaban J connectivity index is 0. The van der Waals surface area contributed by atoms with Gasteiger partial charge in [0.15, 0.2) is 0 Å². The van der Waals surface area contributed by atoms with Crippen LogP contribution in [0.25, 0.3) is 0 Å². The lowest BCUT2D eigenvalue weighted by Crippen LogP contribution is -2.29. The summed E-state index contributed by atoms with van der Waals surface area (Å²) in [5.41, 5.74) is 10.6. The summed E-state index contributed by atoms with van der Waals surface area (Å²) >= 11 is 0. The first-order valence-electron chi connectivity index (χ1n) is 5.70. The quantitative estimate of drug-likeness (QED) is 0.555. The number of aromatic hydroxyl groups is 1. The van der Waals surface area contributed by atoms with Crippen LogP contribution in [-0.2, 0) is 4.79 Å². The van der Waals surface area contributed by atoms with Crippen LogP contribution < -0.4 is 11.5 Å². The Kier molecular flexibility index (Phi) is 15.5. The van der Waals surface area contributed by atoms with Crippen molar-refractivity contribution in [2.24, 2.45) is 11.5 Å². The number of rotatable bonds is 4. The Morgan fingerprint density at radius 3 is 2.00 bits per heavy atom. The third kappa shape index (κ3) is 17.2. The third-order valence-electron chi connectivity index (χ3n) is 1.90. The molecule has 1 aromatic carbocycles. The van der Waals surface area contributed by atoms with Gasteiger partial charge in [-0.1, -0.05) is 44.4 Å². The number of hydrogen-bond acceptors (Lipinski definition) is 4. The normalized spacial score (nSPS) is 8.71. The molecule has 4 nitrogen and oxygen atoms in total. The molecule has 0 heterocycles. The molecule has 4 heteroatoms. The van der Waals surface area contributed by atoms with E-state index in [2.05, 4.69) is 6.92 Å². The highest BCUT2D eigenvalue weighted by Gasteiger charge is 1.90. The molecule has 0 radical (unpaired) electrons. The Morgan fingerprint density at radius 2 is 1.71 bits per heavy atom. The van der Waals surface area contributed by atoms with Gasteiger partial charge < -0.3 is 21.4 Å². The highest BCUT2D eigenvalue weighted by atomic mass is 16.3. The molecular weight excluding hydrogens is 216 g/mol. The van der Waals surface area contributed by atoms with Crippen LogP contribution in [0.3, 0.4) is 0 Å². The molecule has 0 unspecified atom stereocenters. The number of para-hydroxylation sites is 1. The van der Waals surface area contributed by atoms with Gasteiger partial charge in [-0.15, -0.1) is 0 Å². The van der Waals surface area contributed by atoms with Gasteiger partial charge in [-0.2, -0.15) is 0 Å². The van der Waals surface area contributed by atoms with E-state index in [1.165, 1.54) is 19.3 Å². The number of hydrogen-bond donors (Lipinski definition) is 3. The molecule has 0 aliphatic heterocycles. The van der Waals surface area contributed by atoms with Crippen molar-refractivity contribution in [3.05, 3.63) is 30.3 Å². The van der Waals surface area contributed by atoms with Gasteiger partial charge in [-0.05, 0) is 18.6 Å². The second-order valence-corrected chi connectivity index (χ2v) is 3.50. The predicted octanol–water partition coefficient (Wildman–Crippen LogP) is 2.02. The van der Waals surface area contributed by atoms with E-state index in [9.17, 15) is 0 Å². The molecule has 0 atom stereocenters. The zero-order chi connectivity index (χ0) is 13.5. The number of carbonyl (C=O) groups is 1. The van der Waals surface area contributed by atoms with Crippen LogP contribution in [0.5, 0.6) is 5.75 Å². The van der Waals surface area contributed by atoms with Crippen LogP contribution in [-0.4, -0.2) is 18.1 Å². The average Bonchev–Trinajstić information content (AvgIpc) is 2.33. The lowest BCUT2D eigenvalue weighted by molar-refractivity contribution is -0.0979. The summed E-state index contributed by atoms with van der Waals surface area (Å²) in [6.45, 7) is 4.17. The van der Waals surface area contributed by atoms with Crippen LogP contribution >= 0.6 is 0 Å². The Bertz CT molecular complexity index is 240. The maximum atomic E-state index is 8.63. The molecule has 0 amide bonds. The number of carbonyl (C=O) groups excluding carboxylic acids is 1. The van der Waals surface area contributed by atoms with Gasteiger partial charge >= 0.3 is 0 Å². The van der Waals surface area contributed by atoms with E-state index in [1.807, 2.05) is 12.9 Å². The number of unbranched alkanes of at least 4 members (excludes halogenated alkanes) is 2. The number of nitrogens with two attached hydrogens (primary N) is 2. The molecule has 0 saturated carbocycles. The first-order valence-corrected chi connectivity index (χ1v) is 5.70. The molecule has 1 aromatic rings. The monoisotopic (exact) mass is 240 g/mol. The van der Waals surface area contributed by atoms with Gasteiger partial charge in [0.2, 0.25) is 0 Å². The van der Waals surface area contributed by atoms with Gasteiger partial charge in [-0.25, -0.2) is 0 Å². The minimum Gasteiger partial charge on any atom is -0.508 e. The third-order valence-corrected chi connectivity index (χ3v) is 1.90. The minimum atomic E-state index is -0.0958. The number of benzene rings is 1. The zero-order valence-electron chi connectivity index (χ0n) is 10.5. The summed E-state index contributed by atoms with van der Waals surface area (Å²) in [7, 11) is 0. The van der Waals surface area contributed by atoms with Gasteiger partial charge in [0.1, 0.15) is 12.5 Å². The fourth-order valence-corrected chi connectivity index (χ4v) is 1.06. The highest BCUT2D eigenvalue weighted by molar-refractivity contribution is 5.18. The Morgan fingerprint density at radius 1 is 1.18 bits per heavy atom. The van der Waals surface area contributed by atoms with E-state index in [0.29, 0.717) is 5.75 Å². The maximum Gasteiger partial charge on any atom is 0.115 e. The predicted molar refractivity (Wildman–Crippen MR) is 71.5 cm³/mol. The van der Waals surface area contributed by atoms with Crippen molar-refractivity contribution >= 4 is 6.79 Å². The van der Waals surface area contributed by atoms with Crippen LogP contribution in [0, 0.1) is 0 Å². The standard InChI is InChI=1S/C6H16N2.C6H6O.CH2O/c1-2-3-4-5-6(7)8;7-6-4-2-1-3-5-6;1-2/h6H,2-5,7-8H2,1H3;1-5,7H;1H2. The summed E-state index contributed by atoms with van der Waals surface area (Å²) in [6.07, 6.45) is 4.54. The van der Waals surface area contributed by atoms with Crippen molar-refractivity contribution in [3.63, 3.8) is 0 Å². The van der Waals surface area contributed by atoms with Crippen LogP contribution in [0.1, 0.15) is 32.6 Å². The molecule has 0 spiro atoms. The molecular formula is C13H24N2O2. The molecule has 17 heavy (non-hydrogen) atoms. The minimum absolute atomic E-state index is 0.0958. The van der Waals surface area contributed by atoms with Crippen LogP contribution in [0.4, 0.5) is 0 Å². The molecule has 0 aliphatic carbocycles. The lowest BCUT2D eigenvalue weighted by Gasteiger charge is -2.01. The first-order chi connectivity index (χ1) is 8.16. The number of phenolic OH excluding ortho intramolecular Hbond substituents is 1. The topological polar surface area (TPSA) is 89.3 Å². The van der Waals surface area contributed by atoms with Crippen LogP contribution in [0.15, 0.2) is 30.3 Å². The van der Waals surface area contributed by atoms with E-state index in [4.69, 9.17) is 21.4 Å². The van der Waals surface area contributed by atoms with E-state index < -0.39 is 0 Å². The average molecular weight is 240 g/mol. The molecule has 0 bridgehead atoms. The molecule has 1 rings (SSSR count). The lowest BCUT2D eigenvalue weighted by atomic mass is 10.2. The summed E-state index contributed by atoms with van der Waals surface area (Å²) < 4.78 is 0. The SMILES string of the molecule is C=O.CCCCCC(N)N.Oc1ccccc1. The molecule has 0 aliphatic rings. The van der Waals surface area contributed by atoms with E-state index in [-0.39, 0.29) is 6.17 Å². The van der Waals surface area contributed by atoms with Crippen molar-refractivity contribution in [2.45, 2.75) is 38.8 Å². The maximum absolute atomic E-state index is 8.63. The summed E-state index contributed by atoms with van der Waals surface area (Å²) in [5.74, 6) is 0.322. The zero-order valence-corrected chi connectivity index (χ0v) is 10.5. The largest absolute Gasteiger partial charge is 0.508 e. The first kappa shape index (κ1) is 18.0. The molecule has 98 valence electrons. The van der Waals surface area contributed by atoms with E-state index >= 15 is 0 Å². The molecule has 0 saturated heterocycles. The summed E-state index contributed by atoms with van der Waals surface area (Å²) in [5, 5.41) is 8.63. The summed E-state index contributed by atoms with van der Waals surface area (Å²) in [4.78, 5) is 8.00. The molecule has 5 N–H and O–H groups in total. The van der Waals surface area contributed by atoms with Gasteiger partial charge in [-0.3, -0.25) is 0 Å². The fraction of sp³-hybridized carbons (Fsp3) is 0.462. The fourth-order valence-electron chi connectivity index (χ4n) is 1.06. The molecule has 0 aromatic heterocycles. The smallest absolute Gasteiger partial charge is 0.115 e. The Hall–Kier alpha value is -1.39. The van der Waals surface area contributed by atoms with Crippen molar-refractivity contribution in [1.82, 2.24) is 0 Å². The van der Waals surface area contributed by atoms with E-state index in [0.717, 1.165) is 6.42 Å². The van der Waals surface area contributed by atoms with Crippen molar-refractivity contribution < 1.29 is 9.90 Å².